The van der Waals surface area contributed by atoms with Crippen molar-refractivity contribution in [1.82, 2.24) is 0 Å². The van der Waals surface area contributed by atoms with Gasteiger partial charge in [0.1, 0.15) is 6.61 Å². The lowest BCUT2D eigenvalue weighted by atomic mass is 9.87. The van der Waals surface area contributed by atoms with Crippen LogP contribution >= 0.6 is 0 Å². The minimum Gasteiger partial charge on any atom is -0.559 e. The third kappa shape index (κ3) is 1.96. The van der Waals surface area contributed by atoms with Gasteiger partial charge in [-0.1, -0.05) is 20.8 Å². The quantitative estimate of drug-likeness (QED) is 0.373. The second-order valence-electron chi connectivity index (χ2n) is 3.79. The first-order chi connectivity index (χ1) is 4.61. The zero-order chi connectivity index (χ0) is 7.61. The summed E-state index contributed by atoms with van der Waals surface area (Å²) in [6.45, 7) is 9.08. The number of hydrogen-bond donors (Lipinski definition) is 0. The third-order valence-corrected chi connectivity index (χ3v) is 1.79. The molecule has 1 aliphatic rings. The first kappa shape index (κ1) is 8.02. The Kier molecular flexibility index (Phi) is 2.32. The van der Waals surface area contributed by atoms with Gasteiger partial charge in [-0.2, -0.15) is 0 Å². The Morgan fingerprint density at radius 3 is 2.50 bits per heavy atom. The Balaban J connectivity index is 2.39. The van der Waals surface area contributed by atoms with Crippen molar-refractivity contribution in [1.29, 1.82) is 0 Å². The topological polar surface area (TPSA) is 22.0 Å². The predicted molar refractivity (Wildman–Crippen MR) is 40.3 cm³/mol. The van der Waals surface area contributed by atoms with Crippen LogP contribution in [0.1, 0.15) is 27.2 Å². The van der Waals surface area contributed by atoms with E-state index in [1.54, 1.807) is 6.79 Å². The lowest BCUT2D eigenvalue weighted by Gasteiger charge is -2.37. The van der Waals surface area contributed by atoms with Gasteiger partial charge in [-0.3, -0.25) is 0 Å². The second kappa shape index (κ2) is 2.89. The van der Waals surface area contributed by atoms with Gasteiger partial charge in [0, 0.05) is 12.5 Å². The number of rotatable bonds is 0. The molecule has 0 radical (unpaired) electrons. The monoisotopic (exact) mass is 144 g/mol. The molecule has 1 unspecified atom stereocenters. The molecule has 0 aromatic rings. The molecule has 0 aromatic heterocycles. The molecule has 2 nitrogen and oxygen atoms in total. The van der Waals surface area contributed by atoms with E-state index in [1.807, 2.05) is 0 Å². The largest absolute Gasteiger partial charge is 0.559 e. The summed E-state index contributed by atoms with van der Waals surface area (Å²) in [5.74, 6) is 0. The van der Waals surface area contributed by atoms with Gasteiger partial charge in [0.25, 0.3) is 0 Å². The van der Waals surface area contributed by atoms with E-state index in [2.05, 4.69) is 25.5 Å². The molecule has 0 aromatic carbocycles. The lowest BCUT2D eigenvalue weighted by Crippen LogP contribution is -2.34. The number of ether oxygens (including phenoxy) is 2. The highest BCUT2D eigenvalue weighted by Crippen LogP contribution is 2.27. The zero-order valence-electron chi connectivity index (χ0n) is 6.92. The van der Waals surface area contributed by atoms with Crippen LogP contribution in [0.2, 0.25) is 0 Å². The highest BCUT2D eigenvalue weighted by molar-refractivity contribution is 4.76. The molecule has 1 fully saturated rings. The minimum absolute atomic E-state index is 0.256. The Morgan fingerprint density at radius 1 is 1.50 bits per heavy atom. The summed E-state index contributed by atoms with van der Waals surface area (Å²) < 4.78 is 9.34. The molecule has 2 heteroatoms. The molecule has 0 bridgehead atoms. The maximum absolute atomic E-state index is 5.35. The van der Waals surface area contributed by atoms with Gasteiger partial charge in [-0.15, -0.1) is 0 Å². The van der Waals surface area contributed by atoms with Crippen molar-refractivity contribution >= 4 is 0 Å². The molecule has 60 valence electrons. The molecule has 0 aliphatic carbocycles. The average molecular weight is 144 g/mol. The van der Waals surface area contributed by atoms with Crippen molar-refractivity contribution < 1.29 is 9.47 Å². The molecule has 0 amide bonds. The van der Waals surface area contributed by atoms with Crippen LogP contribution in [-0.2, 0) is 4.74 Å². The Labute approximate surface area is 62.5 Å². The number of hydrogen-bond acceptors (Lipinski definition) is 1. The fraction of sp³-hybridized carbons (Fsp3) is 0.875. The van der Waals surface area contributed by atoms with E-state index in [9.17, 15) is 0 Å². The molecule has 0 spiro atoms. The number of aliphatic hydroxyl groups is 2. The van der Waals surface area contributed by atoms with Crippen molar-refractivity contribution in [3.05, 3.63) is 6.79 Å². The maximum atomic E-state index is 5.35. The summed E-state index contributed by atoms with van der Waals surface area (Å²) in [6, 6.07) is 0. The average Bonchev–Trinajstić information content (AvgIpc) is 1.88. The molecule has 1 heterocycles. The molecular weight excluding hydrogens is 128 g/mol. The van der Waals surface area contributed by atoms with Gasteiger partial charge < -0.3 is 9.47 Å². The Morgan fingerprint density at radius 2 is 2.20 bits per heavy atom. The van der Waals surface area contributed by atoms with Gasteiger partial charge >= 0.3 is 0 Å². The standard InChI is InChI=1S/C8H16O2/c1-8(2,3)7-4-5-9-6-10-7/h6-7,9H,4-5H2,1-3H3. The van der Waals surface area contributed by atoms with Gasteiger partial charge in [0.05, 0.1) is 6.79 Å². The lowest BCUT2D eigenvalue weighted by molar-refractivity contribution is -0.186. The van der Waals surface area contributed by atoms with Crippen LogP contribution in [0.3, 0.4) is 0 Å². The highest BCUT2D eigenvalue weighted by Gasteiger charge is 2.25. The molecule has 0 saturated carbocycles. The van der Waals surface area contributed by atoms with E-state index in [0.717, 1.165) is 13.0 Å². The van der Waals surface area contributed by atoms with E-state index in [0.29, 0.717) is 6.10 Å². The molecule has 1 saturated heterocycles. The first-order valence-electron chi connectivity index (χ1n) is 3.74. The van der Waals surface area contributed by atoms with Crippen LogP contribution in [0.25, 0.3) is 0 Å². The summed E-state index contributed by atoms with van der Waals surface area (Å²) in [4.78, 5) is 0. The SMILES string of the molecule is CC(C)(C)C1CC[OH+][CH-]O1. The van der Waals surface area contributed by atoms with Crippen LogP contribution in [0, 0.1) is 12.2 Å². The fourth-order valence-electron chi connectivity index (χ4n) is 1.07. The van der Waals surface area contributed by atoms with Crippen molar-refractivity contribution in [3.63, 3.8) is 0 Å². The second-order valence-corrected chi connectivity index (χ2v) is 3.79. The smallest absolute Gasteiger partial charge is 0.123 e. The van der Waals surface area contributed by atoms with E-state index in [1.165, 1.54) is 0 Å². The van der Waals surface area contributed by atoms with Crippen LogP contribution in [0.5, 0.6) is 0 Å². The van der Waals surface area contributed by atoms with Gasteiger partial charge in [0.15, 0.2) is 0 Å². The zero-order valence-corrected chi connectivity index (χ0v) is 6.92. The van der Waals surface area contributed by atoms with Crippen LogP contribution < -0.4 is 0 Å². The predicted octanol–water partition coefficient (Wildman–Crippen LogP) is 1.47. The highest BCUT2D eigenvalue weighted by atomic mass is 16.7. The van der Waals surface area contributed by atoms with Crippen molar-refractivity contribution in [2.75, 3.05) is 6.61 Å². The van der Waals surface area contributed by atoms with Crippen LogP contribution in [-0.4, -0.2) is 17.4 Å². The molecule has 1 aliphatic heterocycles. The fourth-order valence-corrected chi connectivity index (χ4v) is 1.07. The first-order valence-corrected chi connectivity index (χ1v) is 3.74. The molecule has 1 atom stereocenters. The summed E-state index contributed by atoms with van der Waals surface area (Å²) in [7, 11) is 0. The normalized spacial score (nSPS) is 28.5. The van der Waals surface area contributed by atoms with Crippen molar-refractivity contribution in [2.45, 2.75) is 33.3 Å². The van der Waals surface area contributed by atoms with Gasteiger partial charge in [0.2, 0.25) is 0 Å². The van der Waals surface area contributed by atoms with Crippen molar-refractivity contribution in [3.8, 4) is 0 Å². The van der Waals surface area contributed by atoms with E-state index >= 15 is 0 Å². The summed E-state index contributed by atoms with van der Waals surface area (Å²) in [6.07, 6.45) is 1.41. The Bertz CT molecular complexity index is 98.3. The summed E-state index contributed by atoms with van der Waals surface area (Å²) >= 11 is 0. The third-order valence-electron chi connectivity index (χ3n) is 1.79. The Hall–Kier alpha value is -0.0800. The van der Waals surface area contributed by atoms with E-state index in [-0.39, 0.29) is 5.41 Å². The maximum Gasteiger partial charge on any atom is 0.123 e. The van der Waals surface area contributed by atoms with Crippen LogP contribution in [0.4, 0.5) is 0 Å². The molecular formula is C8H16O2. The summed E-state index contributed by atoms with van der Waals surface area (Å²) in [5.41, 5.74) is 0.256. The van der Waals surface area contributed by atoms with Crippen LogP contribution in [0.15, 0.2) is 0 Å². The molecule has 1 rings (SSSR count). The summed E-state index contributed by atoms with van der Waals surface area (Å²) in [5, 5.41) is 0. The van der Waals surface area contributed by atoms with E-state index < -0.39 is 0 Å². The molecule has 1 N–H and O–H groups in total. The van der Waals surface area contributed by atoms with Crippen molar-refractivity contribution in [2.24, 2.45) is 5.41 Å². The molecule has 10 heavy (non-hydrogen) atoms. The van der Waals surface area contributed by atoms with E-state index in [4.69, 9.17) is 4.74 Å². The van der Waals surface area contributed by atoms with Gasteiger partial charge in [-0.25, -0.2) is 0 Å². The minimum atomic E-state index is 0.256. The van der Waals surface area contributed by atoms with Gasteiger partial charge in [-0.05, 0) is 5.41 Å².